The molecular weight excluding hydrogens is 304 g/mol. The van der Waals surface area contributed by atoms with Crippen molar-refractivity contribution < 1.29 is 14.3 Å². The fourth-order valence-electron chi connectivity index (χ4n) is 3.26. The van der Waals surface area contributed by atoms with Crippen molar-refractivity contribution in [3.63, 3.8) is 0 Å². The van der Waals surface area contributed by atoms with Gasteiger partial charge in [0, 0.05) is 24.4 Å². The van der Waals surface area contributed by atoms with E-state index in [1.807, 2.05) is 13.0 Å². The predicted octanol–water partition coefficient (Wildman–Crippen LogP) is 2.73. The summed E-state index contributed by atoms with van der Waals surface area (Å²) in [6.45, 7) is 4.70. The molecule has 5 heteroatoms. The fraction of sp³-hybridized carbons (Fsp3) is 0.421. The summed E-state index contributed by atoms with van der Waals surface area (Å²) < 4.78 is 5.60. The molecule has 2 aromatic rings. The third kappa shape index (κ3) is 3.31. The quantitative estimate of drug-likeness (QED) is 0.856. The lowest BCUT2D eigenvalue weighted by Crippen LogP contribution is -2.34. The molecule has 3 rings (SSSR count). The van der Waals surface area contributed by atoms with Crippen LogP contribution in [0.3, 0.4) is 0 Å². The first-order valence-electron chi connectivity index (χ1n) is 8.42. The molecule has 1 aromatic carbocycles. The van der Waals surface area contributed by atoms with Crippen LogP contribution < -0.4 is 10.2 Å². The minimum Gasteiger partial charge on any atom is -0.467 e. The summed E-state index contributed by atoms with van der Waals surface area (Å²) in [5, 5.41) is 11.9. The Labute approximate surface area is 142 Å². The Kier molecular flexibility index (Phi) is 4.90. The van der Waals surface area contributed by atoms with Crippen molar-refractivity contribution in [1.82, 2.24) is 5.32 Å². The third-order valence-electron chi connectivity index (χ3n) is 4.59. The zero-order valence-electron chi connectivity index (χ0n) is 14.2. The first kappa shape index (κ1) is 16.6. The van der Waals surface area contributed by atoms with Crippen molar-refractivity contribution in [1.29, 1.82) is 0 Å². The topological polar surface area (TPSA) is 65.7 Å². The maximum Gasteiger partial charge on any atom is 0.255 e. The molecule has 24 heavy (non-hydrogen) atoms. The maximum atomic E-state index is 12.4. The molecule has 2 unspecified atom stereocenters. The lowest BCUT2D eigenvalue weighted by molar-refractivity contribution is 0.0932. The number of carbonyl (C=O) groups excluding carboxylic acids is 1. The summed E-state index contributed by atoms with van der Waals surface area (Å²) in [4.78, 5) is 14.7. The molecule has 1 amide bonds. The lowest BCUT2D eigenvalue weighted by Gasteiger charge is -2.24. The molecule has 5 nitrogen and oxygen atoms in total. The zero-order chi connectivity index (χ0) is 17.1. The van der Waals surface area contributed by atoms with Crippen LogP contribution in [-0.2, 0) is 13.0 Å². The normalized spacial score (nSPS) is 17.6. The SMILES string of the molecule is CC(CCO)NC(=O)c1ccoc1CN1c2ccccc2CC1C. The number of para-hydroxylation sites is 1. The minimum absolute atomic E-state index is 0.0573. The molecule has 2 N–H and O–H groups in total. The van der Waals surface area contributed by atoms with Gasteiger partial charge in [0.2, 0.25) is 0 Å². The van der Waals surface area contributed by atoms with Gasteiger partial charge in [-0.2, -0.15) is 0 Å². The van der Waals surface area contributed by atoms with Crippen molar-refractivity contribution in [2.24, 2.45) is 0 Å². The number of nitrogens with zero attached hydrogens (tertiary/aromatic N) is 1. The van der Waals surface area contributed by atoms with E-state index in [1.54, 1.807) is 12.3 Å². The highest BCUT2D eigenvalue weighted by molar-refractivity contribution is 5.95. The lowest BCUT2D eigenvalue weighted by atomic mass is 10.1. The number of aliphatic hydroxyl groups is 1. The number of nitrogens with one attached hydrogen (secondary N) is 1. The molecule has 0 bridgehead atoms. The second-order valence-electron chi connectivity index (χ2n) is 6.45. The van der Waals surface area contributed by atoms with Crippen LogP contribution in [0.25, 0.3) is 0 Å². The number of rotatable bonds is 6. The van der Waals surface area contributed by atoms with Gasteiger partial charge in [0.05, 0.1) is 18.4 Å². The average molecular weight is 328 g/mol. The number of benzene rings is 1. The van der Waals surface area contributed by atoms with Crippen molar-refractivity contribution in [3.8, 4) is 0 Å². The molecular formula is C19H24N2O3. The molecule has 1 aliphatic heterocycles. The molecule has 0 fully saturated rings. The highest BCUT2D eigenvalue weighted by Crippen LogP contribution is 2.33. The van der Waals surface area contributed by atoms with E-state index in [0.717, 1.165) is 6.42 Å². The molecule has 0 saturated carbocycles. The largest absolute Gasteiger partial charge is 0.467 e. The van der Waals surface area contributed by atoms with Crippen LogP contribution in [0.4, 0.5) is 5.69 Å². The first-order chi connectivity index (χ1) is 11.6. The number of amides is 1. The van der Waals surface area contributed by atoms with Crippen LogP contribution in [0.2, 0.25) is 0 Å². The smallest absolute Gasteiger partial charge is 0.255 e. The second-order valence-corrected chi connectivity index (χ2v) is 6.45. The van der Waals surface area contributed by atoms with E-state index in [0.29, 0.717) is 30.3 Å². The van der Waals surface area contributed by atoms with Crippen molar-refractivity contribution in [2.75, 3.05) is 11.5 Å². The van der Waals surface area contributed by atoms with Gasteiger partial charge < -0.3 is 19.7 Å². The molecule has 128 valence electrons. The fourth-order valence-corrected chi connectivity index (χ4v) is 3.26. The number of hydrogen-bond donors (Lipinski definition) is 2. The molecule has 0 saturated heterocycles. The van der Waals surface area contributed by atoms with Gasteiger partial charge in [0.15, 0.2) is 0 Å². The minimum atomic E-state index is -0.153. The van der Waals surface area contributed by atoms with Crippen LogP contribution in [0.1, 0.15) is 41.9 Å². The van der Waals surface area contributed by atoms with Gasteiger partial charge in [0.1, 0.15) is 5.76 Å². The molecule has 0 radical (unpaired) electrons. The maximum absolute atomic E-state index is 12.4. The Morgan fingerprint density at radius 1 is 1.42 bits per heavy atom. The summed E-state index contributed by atoms with van der Waals surface area (Å²) in [6.07, 6.45) is 3.11. The number of anilines is 1. The van der Waals surface area contributed by atoms with Crippen LogP contribution in [0.15, 0.2) is 41.0 Å². The summed E-state index contributed by atoms with van der Waals surface area (Å²) in [5.74, 6) is 0.520. The molecule has 2 atom stereocenters. The standard InChI is InChI=1S/C19H24N2O3/c1-13(7-9-22)20-19(23)16-8-10-24-18(16)12-21-14(2)11-15-5-3-4-6-17(15)21/h3-6,8,10,13-14,22H,7,9,11-12H2,1-2H3,(H,20,23). The number of fused-ring (bicyclic) bond motifs is 1. The number of hydrogen-bond acceptors (Lipinski definition) is 4. The van der Waals surface area contributed by atoms with Gasteiger partial charge in [-0.25, -0.2) is 0 Å². The third-order valence-corrected chi connectivity index (χ3v) is 4.59. The Morgan fingerprint density at radius 3 is 3.00 bits per heavy atom. The summed E-state index contributed by atoms with van der Waals surface area (Å²) in [5.41, 5.74) is 3.11. The van der Waals surface area contributed by atoms with Crippen LogP contribution >= 0.6 is 0 Å². The van der Waals surface area contributed by atoms with Crippen molar-refractivity contribution >= 4 is 11.6 Å². The monoisotopic (exact) mass is 328 g/mol. The summed E-state index contributed by atoms with van der Waals surface area (Å²) in [7, 11) is 0. The first-order valence-corrected chi connectivity index (χ1v) is 8.42. The average Bonchev–Trinajstić information content (AvgIpc) is 3.13. The van der Waals surface area contributed by atoms with E-state index < -0.39 is 0 Å². The second kappa shape index (κ2) is 7.09. The molecule has 1 aromatic heterocycles. The number of aliphatic hydroxyl groups excluding tert-OH is 1. The van der Waals surface area contributed by atoms with E-state index in [9.17, 15) is 4.79 Å². The van der Waals surface area contributed by atoms with Gasteiger partial charge >= 0.3 is 0 Å². The van der Waals surface area contributed by atoms with Gasteiger partial charge in [-0.1, -0.05) is 18.2 Å². The molecule has 1 aliphatic rings. The Balaban J connectivity index is 1.75. The van der Waals surface area contributed by atoms with E-state index >= 15 is 0 Å². The molecule has 2 heterocycles. The van der Waals surface area contributed by atoms with E-state index in [4.69, 9.17) is 9.52 Å². The summed E-state index contributed by atoms with van der Waals surface area (Å²) >= 11 is 0. The van der Waals surface area contributed by atoms with Gasteiger partial charge in [-0.05, 0) is 44.4 Å². The highest BCUT2D eigenvalue weighted by atomic mass is 16.3. The van der Waals surface area contributed by atoms with Crippen LogP contribution in [0, 0.1) is 0 Å². The van der Waals surface area contributed by atoms with Crippen molar-refractivity contribution in [3.05, 3.63) is 53.5 Å². The highest BCUT2D eigenvalue weighted by Gasteiger charge is 2.28. The molecule has 0 aliphatic carbocycles. The number of carbonyl (C=O) groups is 1. The van der Waals surface area contributed by atoms with E-state index in [1.165, 1.54) is 11.3 Å². The van der Waals surface area contributed by atoms with Crippen LogP contribution in [-0.4, -0.2) is 29.7 Å². The van der Waals surface area contributed by atoms with Crippen LogP contribution in [0.5, 0.6) is 0 Å². The zero-order valence-corrected chi connectivity index (χ0v) is 14.2. The number of furan rings is 1. The van der Waals surface area contributed by atoms with Gasteiger partial charge in [0.25, 0.3) is 5.91 Å². The van der Waals surface area contributed by atoms with E-state index in [2.05, 4.69) is 35.3 Å². The Bertz CT molecular complexity index is 710. The Hall–Kier alpha value is -2.27. The van der Waals surface area contributed by atoms with Crippen molar-refractivity contribution in [2.45, 2.75) is 45.3 Å². The summed E-state index contributed by atoms with van der Waals surface area (Å²) in [6, 6.07) is 10.4. The Morgan fingerprint density at radius 2 is 2.21 bits per heavy atom. The van der Waals surface area contributed by atoms with Gasteiger partial charge in [-0.15, -0.1) is 0 Å². The molecule has 0 spiro atoms. The van der Waals surface area contributed by atoms with Gasteiger partial charge in [-0.3, -0.25) is 4.79 Å². The van der Waals surface area contributed by atoms with E-state index in [-0.39, 0.29) is 18.6 Å². The predicted molar refractivity (Wildman–Crippen MR) is 93.1 cm³/mol.